The first kappa shape index (κ1) is 14.6. The highest BCUT2D eigenvalue weighted by Gasteiger charge is 2.20. The van der Waals surface area contributed by atoms with Crippen molar-refractivity contribution in [2.45, 2.75) is 25.8 Å². The molecule has 1 atom stereocenters. The van der Waals surface area contributed by atoms with Gasteiger partial charge >= 0.3 is 0 Å². The Morgan fingerprint density at radius 3 is 2.92 bits per heavy atom. The van der Waals surface area contributed by atoms with Crippen LogP contribution in [0.15, 0.2) is 48.8 Å². The molecule has 4 heteroatoms. The summed E-state index contributed by atoms with van der Waals surface area (Å²) in [5, 5.41) is 6.04. The Morgan fingerprint density at radius 2 is 2.04 bits per heavy atom. The van der Waals surface area contributed by atoms with Gasteiger partial charge in [0.15, 0.2) is 0 Å². The van der Waals surface area contributed by atoms with Gasteiger partial charge in [-0.05, 0) is 55.6 Å². The molecule has 0 amide bonds. The first-order valence-electron chi connectivity index (χ1n) is 8.87. The van der Waals surface area contributed by atoms with E-state index in [1.165, 1.54) is 29.4 Å². The quantitative estimate of drug-likeness (QED) is 0.569. The highest BCUT2D eigenvalue weighted by Crippen LogP contribution is 2.33. The molecule has 124 valence electrons. The van der Waals surface area contributed by atoms with Crippen molar-refractivity contribution in [1.29, 1.82) is 0 Å². The van der Waals surface area contributed by atoms with Crippen LogP contribution in [0.1, 0.15) is 30.0 Å². The minimum Gasteiger partial charge on any atom is -0.346 e. The second-order valence-electron chi connectivity index (χ2n) is 6.85. The number of aryl methyl sites for hydroxylation is 1. The molecule has 2 N–H and O–H groups in total. The second kappa shape index (κ2) is 5.67. The number of para-hydroxylation sites is 1. The standard InChI is InChI=1S/C21H20N4/c1-13-11-23-21-16(13)9-14(12-24-21)20-10-17(18-7-4-8-22-18)15-5-2-3-6-19(15)25-20/h2-3,5-6,9-12,18,22H,4,7-8H2,1H3,(H,23,24). The van der Waals surface area contributed by atoms with E-state index < -0.39 is 0 Å². The molecule has 4 heterocycles. The van der Waals surface area contributed by atoms with Crippen LogP contribution in [0.4, 0.5) is 0 Å². The third kappa shape index (κ3) is 2.41. The van der Waals surface area contributed by atoms with Gasteiger partial charge in [0.25, 0.3) is 0 Å². The molecule has 1 aromatic carbocycles. The molecule has 1 aliphatic heterocycles. The van der Waals surface area contributed by atoms with Gasteiger partial charge in [-0.3, -0.25) is 0 Å². The van der Waals surface area contributed by atoms with Crippen LogP contribution in [0.3, 0.4) is 0 Å². The van der Waals surface area contributed by atoms with Crippen molar-refractivity contribution < 1.29 is 0 Å². The van der Waals surface area contributed by atoms with Crippen molar-refractivity contribution in [3.05, 3.63) is 59.9 Å². The maximum atomic E-state index is 4.92. The van der Waals surface area contributed by atoms with Crippen LogP contribution in [0, 0.1) is 6.92 Å². The van der Waals surface area contributed by atoms with Crippen molar-refractivity contribution in [1.82, 2.24) is 20.3 Å². The average molecular weight is 328 g/mol. The van der Waals surface area contributed by atoms with E-state index in [1.807, 2.05) is 12.4 Å². The molecule has 25 heavy (non-hydrogen) atoms. The SMILES string of the molecule is Cc1c[nH]c2ncc(-c3cc(C4CCCN4)c4ccccc4n3)cc12. The summed E-state index contributed by atoms with van der Waals surface area (Å²) in [5.41, 5.74) is 6.61. The zero-order valence-corrected chi connectivity index (χ0v) is 14.2. The summed E-state index contributed by atoms with van der Waals surface area (Å²) in [4.78, 5) is 12.7. The van der Waals surface area contributed by atoms with E-state index in [2.05, 4.69) is 58.6 Å². The van der Waals surface area contributed by atoms with E-state index in [0.717, 1.165) is 34.4 Å². The third-order valence-corrected chi connectivity index (χ3v) is 5.22. The average Bonchev–Trinajstić information content (AvgIpc) is 3.31. The number of nitrogens with zero attached hydrogens (tertiary/aromatic N) is 2. The molecule has 0 radical (unpaired) electrons. The molecular weight excluding hydrogens is 308 g/mol. The molecule has 0 spiro atoms. The molecule has 0 aliphatic carbocycles. The number of aromatic nitrogens is 3. The fraction of sp³-hybridized carbons (Fsp3) is 0.238. The number of hydrogen-bond acceptors (Lipinski definition) is 3. The van der Waals surface area contributed by atoms with Gasteiger partial charge in [-0.1, -0.05) is 18.2 Å². The van der Waals surface area contributed by atoms with E-state index in [1.54, 1.807) is 0 Å². The predicted octanol–water partition coefficient (Wildman–Crippen LogP) is 4.51. The summed E-state index contributed by atoms with van der Waals surface area (Å²) in [6, 6.07) is 13.3. The molecule has 1 unspecified atom stereocenters. The first-order valence-corrected chi connectivity index (χ1v) is 8.87. The smallest absolute Gasteiger partial charge is 0.137 e. The Kier molecular flexibility index (Phi) is 3.31. The minimum absolute atomic E-state index is 0.414. The lowest BCUT2D eigenvalue weighted by Crippen LogP contribution is -2.13. The van der Waals surface area contributed by atoms with Crippen LogP contribution in [0.5, 0.6) is 0 Å². The van der Waals surface area contributed by atoms with Gasteiger partial charge in [-0.25, -0.2) is 9.97 Å². The number of fused-ring (bicyclic) bond motifs is 2. The van der Waals surface area contributed by atoms with Gasteiger partial charge in [0.05, 0.1) is 11.2 Å². The van der Waals surface area contributed by atoms with Gasteiger partial charge in [-0.2, -0.15) is 0 Å². The van der Waals surface area contributed by atoms with Gasteiger partial charge in [0, 0.05) is 34.8 Å². The molecule has 0 saturated carbocycles. The molecule has 1 fully saturated rings. The Hall–Kier alpha value is -2.72. The van der Waals surface area contributed by atoms with E-state index in [0.29, 0.717) is 6.04 Å². The lowest BCUT2D eigenvalue weighted by Gasteiger charge is -2.15. The van der Waals surface area contributed by atoms with Crippen LogP contribution >= 0.6 is 0 Å². The van der Waals surface area contributed by atoms with Crippen LogP contribution in [0.25, 0.3) is 33.2 Å². The Bertz CT molecular complexity index is 1070. The monoisotopic (exact) mass is 328 g/mol. The van der Waals surface area contributed by atoms with Gasteiger partial charge in [-0.15, -0.1) is 0 Å². The number of pyridine rings is 2. The summed E-state index contributed by atoms with van der Waals surface area (Å²) < 4.78 is 0. The van der Waals surface area contributed by atoms with Gasteiger partial charge in [0.1, 0.15) is 5.65 Å². The topological polar surface area (TPSA) is 53.6 Å². The van der Waals surface area contributed by atoms with Crippen molar-refractivity contribution in [2.75, 3.05) is 6.54 Å². The van der Waals surface area contributed by atoms with Crippen LogP contribution in [0.2, 0.25) is 0 Å². The number of aromatic amines is 1. The van der Waals surface area contributed by atoms with Gasteiger partial charge < -0.3 is 10.3 Å². The normalized spacial score (nSPS) is 17.6. The van der Waals surface area contributed by atoms with E-state index in [-0.39, 0.29) is 0 Å². The molecular formula is C21H20N4. The van der Waals surface area contributed by atoms with Crippen molar-refractivity contribution >= 4 is 21.9 Å². The Labute approximate surface area is 146 Å². The minimum atomic E-state index is 0.414. The maximum absolute atomic E-state index is 4.92. The number of hydrogen-bond donors (Lipinski definition) is 2. The molecule has 5 rings (SSSR count). The lowest BCUT2D eigenvalue weighted by atomic mass is 9.98. The predicted molar refractivity (Wildman–Crippen MR) is 102 cm³/mol. The Morgan fingerprint density at radius 1 is 1.12 bits per heavy atom. The summed E-state index contributed by atoms with van der Waals surface area (Å²) in [5.74, 6) is 0. The fourth-order valence-corrected chi connectivity index (χ4v) is 3.86. The largest absolute Gasteiger partial charge is 0.346 e. The molecule has 0 bridgehead atoms. The van der Waals surface area contributed by atoms with Crippen LogP contribution < -0.4 is 5.32 Å². The van der Waals surface area contributed by atoms with Crippen LogP contribution in [-0.2, 0) is 0 Å². The third-order valence-electron chi connectivity index (χ3n) is 5.22. The fourth-order valence-electron chi connectivity index (χ4n) is 3.86. The van der Waals surface area contributed by atoms with Gasteiger partial charge in [0.2, 0.25) is 0 Å². The highest BCUT2D eigenvalue weighted by atomic mass is 14.9. The zero-order valence-electron chi connectivity index (χ0n) is 14.2. The summed E-state index contributed by atoms with van der Waals surface area (Å²) >= 11 is 0. The number of benzene rings is 1. The summed E-state index contributed by atoms with van der Waals surface area (Å²) in [6.45, 7) is 3.19. The summed E-state index contributed by atoms with van der Waals surface area (Å²) in [7, 11) is 0. The van der Waals surface area contributed by atoms with Crippen LogP contribution in [-0.4, -0.2) is 21.5 Å². The molecule has 4 nitrogen and oxygen atoms in total. The second-order valence-corrected chi connectivity index (χ2v) is 6.85. The molecule has 4 aromatic rings. The van der Waals surface area contributed by atoms with E-state index in [4.69, 9.17) is 4.98 Å². The van der Waals surface area contributed by atoms with Crippen molar-refractivity contribution in [3.8, 4) is 11.3 Å². The van der Waals surface area contributed by atoms with E-state index in [9.17, 15) is 0 Å². The Balaban J connectivity index is 1.73. The van der Waals surface area contributed by atoms with Crippen molar-refractivity contribution in [3.63, 3.8) is 0 Å². The highest BCUT2D eigenvalue weighted by molar-refractivity contribution is 5.88. The summed E-state index contributed by atoms with van der Waals surface area (Å²) in [6.07, 6.45) is 6.33. The molecule has 3 aromatic heterocycles. The van der Waals surface area contributed by atoms with E-state index >= 15 is 0 Å². The first-order chi connectivity index (χ1) is 12.3. The number of rotatable bonds is 2. The maximum Gasteiger partial charge on any atom is 0.137 e. The number of H-pyrrole nitrogens is 1. The zero-order chi connectivity index (χ0) is 16.8. The molecule has 1 saturated heterocycles. The number of nitrogens with one attached hydrogen (secondary N) is 2. The lowest BCUT2D eigenvalue weighted by molar-refractivity contribution is 0.652. The molecule has 1 aliphatic rings. The van der Waals surface area contributed by atoms with Crippen molar-refractivity contribution in [2.24, 2.45) is 0 Å².